The maximum absolute atomic E-state index is 10.9. The van der Waals surface area contributed by atoms with E-state index >= 15 is 0 Å². The van der Waals surface area contributed by atoms with Crippen LogP contribution in [0.2, 0.25) is 0 Å². The molecule has 1 aromatic rings. The summed E-state index contributed by atoms with van der Waals surface area (Å²) in [4.78, 5) is 2.04. The minimum Gasteiger partial charge on any atom is -0.739 e. The number of nitrogens with two attached hydrogens (primary N) is 1. The predicted molar refractivity (Wildman–Crippen MR) is 71.3 cm³/mol. The summed E-state index contributed by atoms with van der Waals surface area (Å²) in [6.07, 6.45) is 0. The van der Waals surface area contributed by atoms with E-state index in [2.05, 4.69) is 15.4 Å². The molecule has 0 saturated carbocycles. The van der Waals surface area contributed by atoms with Crippen LogP contribution in [0.4, 0.5) is 11.4 Å². The van der Waals surface area contributed by atoms with Gasteiger partial charge in [-0.2, -0.15) is 0 Å². The molecule has 1 atom stereocenters. The number of hydrogen-bond donors (Lipinski definition) is 1. The van der Waals surface area contributed by atoms with Crippen molar-refractivity contribution in [3.8, 4) is 5.75 Å². The molecule has 0 aliphatic carbocycles. The molecule has 0 radical (unpaired) electrons. The van der Waals surface area contributed by atoms with E-state index < -0.39 is 9.05 Å². The maximum atomic E-state index is 10.9. The van der Waals surface area contributed by atoms with Crippen LogP contribution in [0.15, 0.2) is 18.2 Å². The fraction of sp³-hybridized carbons (Fsp3) is 0.400. The molecule has 18 heavy (non-hydrogen) atoms. The molecule has 2 N–H and O–H groups in total. The van der Waals surface area contributed by atoms with Crippen molar-refractivity contribution < 1.29 is 42.5 Å². The van der Waals surface area contributed by atoms with Crippen molar-refractivity contribution in [3.05, 3.63) is 18.2 Å². The zero-order valence-electron chi connectivity index (χ0n) is 10.7. The average Bonchev–Trinajstić information content (AvgIpc) is 2.22. The Kier molecular flexibility index (Phi) is 7.50. The van der Waals surface area contributed by atoms with Gasteiger partial charge in [-0.25, -0.2) is 4.21 Å². The van der Waals surface area contributed by atoms with Gasteiger partial charge >= 0.3 is 29.6 Å². The zero-order valence-corrected chi connectivity index (χ0v) is 14.3. The van der Waals surface area contributed by atoms with Gasteiger partial charge in [-0.3, -0.25) is 0 Å². The predicted octanol–water partition coefficient (Wildman–Crippen LogP) is -1.71. The van der Waals surface area contributed by atoms with Gasteiger partial charge in [0.1, 0.15) is 9.05 Å². The normalized spacial score (nSPS) is 13.3. The van der Waals surface area contributed by atoms with Gasteiger partial charge in [0, 0.05) is 36.0 Å². The first kappa shape index (κ1) is 17.9. The monoisotopic (exact) mass is 298 g/mol. The Morgan fingerprint density at radius 1 is 1.44 bits per heavy atom. The van der Waals surface area contributed by atoms with E-state index in [0.717, 1.165) is 18.8 Å². The average molecular weight is 298 g/mol. The maximum Gasteiger partial charge on any atom is 1.00 e. The molecule has 8 heteroatoms. The van der Waals surface area contributed by atoms with E-state index in [1.807, 2.05) is 24.8 Å². The third kappa shape index (κ3) is 5.29. The SMILES string of the molecule is CCN(CC)c1ccc(N)c(OS(=O)([O-])=S)c1.[Na+]. The first-order valence-electron chi connectivity index (χ1n) is 5.17. The minimum absolute atomic E-state index is 0. The van der Waals surface area contributed by atoms with Crippen molar-refractivity contribution in [3.63, 3.8) is 0 Å². The third-order valence-electron chi connectivity index (χ3n) is 2.32. The molecule has 0 heterocycles. The number of anilines is 2. The van der Waals surface area contributed by atoms with Crippen LogP contribution in [-0.4, -0.2) is 21.9 Å². The van der Waals surface area contributed by atoms with E-state index in [1.165, 1.54) is 0 Å². The van der Waals surface area contributed by atoms with Gasteiger partial charge in [-0.05, 0) is 26.0 Å². The Hall–Kier alpha value is -0.0500. The van der Waals surface area contributed by atoms with Crippen LogP contribution in [0, 0.1) is 0 Å². The first-order valence-corrected chi connectivity index (χ1v) is 7.50. The summed E-state index contributed by atoms with van der Waals surface area (Å²) in [5.41, 5.74) is 6.72. The molecule has 1 aromatic carbocycles. The van der Waals surface area contributed by atoms with Crippen molar-refractivity contribution in [1.29, 1.82) is 0 Å². The Bertz CT molecular complexity index is 490. The minimum atomic E-state index is -3.97. The molecular weight excluding hydrogens is 283 g/mol. The summed E-state index contributed by atoms with van der Waals surface area (Å²) in [6.45, 7) is 5.62. The van der Waals surface area contributed by atoms with Crippen LogP contribution in [0.5, 0.6) is 5.75 Å². The standard InChI is InChI=1S/C10H16N2O3S2.Na/c1-3-12(4-2)8-5-6-9(11)10(7-8)15-17(13,14)16;/h5-7H,3-4,11H2,1-2H3,(H,13,14,16);/q;+1/p-1. The molecule has 0 bridgehead atoms. The molecule has 1 rings (SSSR count). The van der Waals surface area contributed by atoms with Gasteiger partial charge < -0.3 is 19.4 Å². The number of nitrogens with zero attached hydrogens (tertiary/aromatic N) is 1. The van der Waals surface area contributed by atoms with Gasteiger partial charge in [-0.15, -0.1) is 0 Å². The van der Waals surface area contributed by atoms with Gasteiger partial charge in [0.15, 0.2) is 5.75 Å². The molecule has 0 fully saturated rings. The van der Waals surface area contributed by atoms with E-state index in [-0.39, 0.29) is 41.0 Å². The molecule has 5 nitrogen and oxygen atoms in total. The van der Waals surface area contributed by atoms with Gasteiger partial charge in [0.25, 0.3) is 0 Å². The largest absolute Gasteiger partial charge is 1.00 e. The molecule has 0 aromatic heterocycles. The van der Waals surface area contributed by atoms with E-state index in [4.69, 9.17) is 5.73 Å². The number of hydrogen-bond acceptors (Lipinski definition) is 6. The fourth-order valence-electron chi connectivity index (χ4n) is 1.49. The molecule has 0 saturated heterocycles. The molecular formula is C10H15N2NaO3S2. The Balaban J connectivity index is 0.00000289. The Morgan fingerprint density at radius 3 is 2.44 bits per heavy atom. The third-order valence-corrected chi connectivity index (χ3v) is 2.91. The summed E-state index contributed by atoms with van der Waals surface area (Å²) in [5, 5.41) is 0. The van der Waals surface area contributed by atoms with Crippen molar-refractivity contribution in [2.24, 2.45) is 0 Å². The summed E-state index contributed by atoms with van der Waals surface area (Å²) >= 11 is 4.17. The van der Waals surface area contributed by atoms with Gasteiger partial charge in [0.05, 0.1) is 5.69 Å². The summed E-state index contributed by atoms with van der Waals surface area (Å²) in [6, 6.07) is 4.99. The molecule has 0 aliphatic heterocycles. The molecule has 1 unspecified atom stereocenters. The van der Waals surface area contributed by atoms with Crippen LogP contribution < -0.4 is 44.4 Å². The summed E-state index contributed by atoms with van der Waals surface area (Å²) in [5.74, 6) is 0.0735. The second-order valence-corrected chi connectivity index (χ2v) is 5.59. The van der Waals surface area contributed by atoms with E-state index in [0.29, 0.717) is 0 Å². The second kappa shape index (κ2) is 7.52. The molecule has 0 aliphatic rings. The number of nitrogen functional groups attached to an aromatic ring is 1. The van der Waals surface area contributed by atoms with Crippen LogP contribution in [-0.2, 0) is 20.2 Å². The van der Waals surface area contributed by atoms with Crippen molar-refractivity contribution in [2.75, 3.05) is 23.7 Å². The fourth-order valence-corrected chi connectivity index (χ4v) is 2.07. The number of rotatable bonds is 5. The van der Waals surface area contributed by atoms with Gasteiger partial charge in [0.2, 0.25) is 0 Å². The first-order chi connectivity index (χ1) is 7.87. The Labute approximate surface area is 135 Å². The molecule has 0 spiro atoms. The second-order valence-electron chi connectivity index (χ2n) is 3.39. The van der Waals surface area contributed by atoms with Crippen molar-refractivity contribution in [1.82, 2.24) is 0 Å². The van der Waals surface area contributed by atoms with E-state index in [9.17, 15) is 8.76 Å². The smallest absolute Gasteiger partial charge is 0.739 e. The summed E-state index contributed by atoms with van der Waals surface area (Å²) in [7, 11) is -3.97. The summed E-state index contributed by atoms with van der Waals surface area (Å²) < 4.78 is 26.4. The Morgan fingerprint density at radius 2 is 2.00 bits per heavy atom. The zero-order chi connectivity index (χ0) is 13.1. The van der Waals surface area contributed by atoms with Crippen LogP contribution in [0.25, 0.3) is 0 Å². The van der Waals surface area contributed by atoms with Crippen LogP contribution >= 0.6 is 0 Å². The quantitative estimate of drug-likeness (QED) is 0.515. The van der Waals surface area contributed by atoms with Crippen molar-refractivity contribution in [2.45, 2.75) is 13.8 Å². The molecule has 0 amide bonds. The van der Waals surface area contributed by atoms with Gasteiger partial charge in [-0.1, -0.05) is 0 Å². The number of benzene rings is 1. The van der Waals surface area contributed by atoms with Crippen LogP contribution in [0.3, 0.4) is 0 Å². The van der Waals surface area contributed by atoms with E-state index in [1.54, 1.807) is 12.1 Å². The topological polar surface area (TPSA) is 78.6 Å². The van der Waals surface area contributed by atoms with Crippen LogP contribution in [0.1, 0.15) is 13.8 Å². The molecule has 96 valence electrons. The van der Waals surface area contributed by atoms with Crippen molar-refractivity contribution >= 4 is 31.6 Å².